The van der Waals surface area contributed by atoms with Crippen LogP contribution in [0.3, 0.4) is 0 Å². The molecule has 0 unspecified atom stereocenters. The van der Waals surface area contributed by atoms with Gasteiger partial charge in [0.1, 0.15) is 0 Å². The smallest absolute Gasteiger partial charge is 0.258 e. The summed E-state index contributed by atoms with van der Waals surface area (Å²) in [7, 11) is 0. The molecular weight excluding hydrogens is 282 g/mol. The Labute approximate surface area is 122 Å². The molecule has 1 aliphatic carbocycles. The van der Waals surface area contributed by atoms with E-state index in [2.05, 4.69) is 0 Å². The highest BCUT2D eigenvalue weighted by molar-refractivity contribution is 8.00. The molecule has 1 aromatic rings. The third-order valence-corrected chi connectivity index (χ3v) is 5.60. The van der Waals surface area contributed by atoms with Crippen LogP contribution in [0.5, 0.6) is 0 Å². The molecule has 0 radical (unpaired) electrons. The van der Waals surface area contributed by atoms with E-state index in [4.69, 9.17) is 11.6 Å². The van der Waals surface area contributed by atoms with E-state index < -0.39 is 0 Å². The zero-order valence-electron chi connectivity index (χ0n) is 10.8. The van der Waals surface area contributed by atoms with Crippen molar-refractivity contribution in [2.24, 2.45) is 0 Å². The van der Waals surface area contributed by atoms with Gasteiger partial charge in [-0.3, -0.25) is 10.1 Å². The molecule has 2 atom stereocenters. The number of rotatable bonds is 3. The SMILES string of the molecule is O=[N+]([O-])c1ccccc1S[C@@H]1CCCCCC[C@@H]1Cl. The summed E-state index contributed by atoms with van der Waals surface area (Å²) in [5, 5.41) is 11.4. The molecular formula is C14H18ClNO2S. The van der Waals surface area contributed by atoms with Crippen LogP contribution in [0.2, 0.25) is 0 Å². The van der Waals surface area contributed by atoms with Crippen molar-refractivity contribution in [2.75, 3.05) is 0 Å². The van der Waals surface area contributed by atoms with Crippen molar-refractivity contribution in [1.29, 1.82) is 0 Å². The lowest BCUT2D eigenvalue weighted by atomic mass is 10.0. The van der Waals surface area contributed by atoms with Gasteiger partial charge in [0, 0.05) is 16.7 Å². The van der Waals surface area contributed by atoms with Crippen molar-refractivity contribution >= 4 is 29.1 Å². The van der Waals surface area contributed by atoms with Crippen LogP contribution in [-0.4, -0.2) is 15.6 Å². The highest BCUT2D eigenvalue weighted by Gasteiger charge is 2.24. The molecule has 0 saturated heterocycles. The number of alkyl halides is 1. The summed E-state index contributed by atoms with van der Waals surface area (Å²) in [5.74, 6) is 0. The minimum absolute atomic E-state index is 0.116. The fraction of sp³-hybridized carbons (Fsp3) is 0.571. The molecule has 2 rings (SSSR count). The first-order chi connectivity index (χ1) is 9.18. The van der Waals surface area contributed by atoms with Crippen LogP contribution in [0.15, 0.2) is 29.2 Å². The van der Waals surface area contributed by atoms with Crippen LogP contribution < -0.4 is 0 Å². The van der Waals surface area contributed by atoms with E-state index in [-0.39, 0.29) is 21.2 Å². The van der Waals surface area contributed by atoms with Gasteiger partial charge in [-0.2, -0.15) is 0 Å². The van der Waals surface area contributed by atoms with E-state index in [1.54, 1.807) is 23.9 Å². The van der Waals surface area contributed by atoms with Gasteiger partial charge in [0.25, 0.3) is 5.69 Å². The number of thioether (sulfide) groups is 1. The van der Waals surface area contributed by atoms with Crippen LogP contribution in [0.1, 0.15) is 38.5 Å². The lowest BCUT2D eigenvalue weighted by molar-refractivity contribution is -0.387. The summed E-state index contributed by atoms with van der Waals surface area (Å²) in [6.45, 7) is 0. The summed E-state index contributed by atoms with van der Waals surface area (Å²) < 4.78 is 0. The van der Waals surface area contributed by atoms with Gasteiger partial charge in [-0.05, 0) is 18.9 Å². The molecule has 0 heterocycles. The topological polar surface area (TPSA) is 43.1 Å². The zero-order valence-corrected chi connectivity index (χ0v) is 12.3. The van der Waals surface area contributed by atoms with E-state index in [1.807, 2.05) is 12.1 Å². The van der Waals surface area contributed by atoms with Crippen molar-refractivity contribution < 1.29 is 4.92 Å². The fourth-order valence-corrected chi connectivity index (χ4v) is 4.16. The number of para-hydroxylation sites is 1. The normalized spacial score (nSPS) is 24.5. The number of nitro benzene ring substituents is 1. The first-order valence-electron chi connectivity index (χ1n) is 6.72. The van der Waals surface area contributed by atoms with E-state index >= 15 is 0 Å². The van der Waals surface area contributed by atoms with Crippen molar-refractivity contribution in [3.63, 3.8) is 0 Å². The van der Waals surface area contributed by atoms with Gasteiger partial charge in [0.15, 0.2) is 0 Å². The molecule has 1 aliphatic rings. The third kappa shape index (κ3) is 4.11. The van der Waals surface area contributed by atoms with E-state index in [9.17, 15) is 10.1 Å². The second-order valence-corrected chi connectivity index (χ2v) is 6.73. The predicted molar refractivity (Wildman–Crippen MR) is 80.1 cm³/mol. The standard InChI is InChI=1S/C14H18ClNO2S/c15-11-7-3-1-2-4-9-13(11)19-14-10-6-5-8-12(14)16(17)18/h5-6,8,10-11,13H,1-4,7,9H2/t11-,13+/m0/s1. The number of hydrogen-bond donors (Lipinski definition) is 0. The Morgan fingerprint density at radius 3 is 2.58 bits per heavy atom. The van der Waals surface area contributed by atoms with E-state index in [0.717, 1.165) is 17.7 Å². The molecule has 0 bridgehead atoms. The first-order valence-corrected chi connectivity index (χ1v) is 8.04. The average molecular weight is 300 g/mol. The molecule has 0 spiro atoms. The second-order valence-electron chi connectivity index (χ2n) is 4.89. The molecule has 1 fully saturated rings. The summed E-state index contributed by atoms with van der Waals surface area (Å²) in [4.78, 5) is 11.5. The molecule has 104 valence electrons. The Morgan fingerprint density at radius 2 is 1.84 bits per heavy atom. The van der Waals surface area contributed by atoms with Crippen LogP contribution >= 0.6 is 23.4 Å². The molecule has 1 aromatic carbocycles. The van der Waals surface area contributed by atoms with Gasteiger partial charge in [0.05, 0.1) is 9.82 Å². The quantitative estimate of drug-likeness (QED) is 0.447. The Balaban J connectivity index is 2.12. The largest absolute Gasteiger partial charge is 0.282 e. The molecule has 0 amide bonds. The molecule has 3 nitrogen and oxygen atoms in total. The van der Waals surface area contributed by atoms with Gasteiger partial charge < -0.3 is 0 Å². The lowest BCUT2D eigenvalue weighted by Crippen LogP contribution is -2.19. The lowest BCUT2D eigenvalue weighted by Gasteiger charge is -2.24. The van der Waals surface area contributed by atoms with Crippen LogP contribution in [-0.2, 0) is 0 Å². The predicted octanol–water partition coefficient (Wildman–Crippen LogP) is 5.02. The third-order valence-electron chi connectivity index (χ3n) is 3.46. The molecule has 5 heteroatoms. The Hall–Kier alpha value is -0.740. The molecule has 0 aliphatic heterocycles. The summed E-state index contributed by atoms with van der Waals surface area (Å²) in [6.07, 6.45) is 6.90. The molecule has 0 N–H and O–H groups in total. The van der Waals surface area contributed by atoms with Gasteiger partial charge >= 0.3 is 0 Å². The first kappa shape index (κ1) is 14.7. The van der Waals surface area contributed by atoms with Crippen LogP contribution in [0, 0.1) is 10.1 Å². The highest BCUT2D eigenvalue weighted by Crippen LogP contribution is 2.38. The maximum Gasteiger partial charge on any atom is 0.282 e. The molecule has 19 heavy (non-hydrogen) atoms. The second kappa shape index (κ2) is 7.15. The van der Waals surface area contributed by atoms with Crippen molar-refractivity contribution in [3.8, 4) is 0 Å². The summed E-state index contributed by atoms with van der Waals surface area (Å²) in [5.41, 5.74) is 0.193. The number of halogens is 1. The van der Waals surface area contributed by atoms with E-state index in [0.29, 0.717) is 0 Å². The minimum Gasteiger partial charge on any atom is -0.258 e. The summed E-state index contributed by atoms with van der Waals surface area (Å²) in [6, 6.07) is 6.94. The molecule has 1 saturated carbocycles. The van der Waals surface area contributed by atoms with Crippen molar-refractivity contribution in [1.82, 2.24) is 0 Å². The number of benzene rings is 1. The minimum atomic E-state index is -0.311. The molecule has 0 aromatic heterocycles. The maximum absolute atomic E-state index is 11.0. The van der Waals surface area contributed by atoms with Crippen molar-refractivity contribution in [2.45, 2.75) is 54.0 Å². The zero-order chi connectivity index (χ0) is 13.7. The van der Waals surface area contributed by atoms with E-state index in [1.165, 1.54) is 25.7 Å². The number of nitro groups is 1. The fourth-order valence-electron chi connectivity index (χ4n) is 2.41. The Bertz CT molecular complexity index is 441. The Kier molecular flexibility index (Phi) is 5.52. The highest BCUT2D eigenvalue weighted by atomic mass is 35.5. The average Bonchev–Trinajstić information content (AvgIpc) is 2.39. The van der Waals surface area contributed by atoms with Crippen molar-refractivity contribution in [3.05, 3.63) is 34.4 Å². The summed E-state index contributed by atoms with van der Waals surface area (Å²) >= 11 is 8.03. The van der Waals surface area contributed by atoms with Gasteiger partial charge in [-0.25, -0.2) is 0 Å². The number of hydrogen-bond acceptors (Lipinski definition) is 3. The van der Waals surface area contributed by atoms with Gasteiger partial charge in [-0.1, -0.05) is 37.8 Å². The maximum atomic E-state index is 11.0. The van der Waals surface area contributed by atoms with Crippen LogP contribution in [0.25, 0.3) is 0 Å². The number of nitrogens with zero attached hydrogens (tertiary/aromatic N) is 1. The monoisotopic (exact) mass is 299 g/mol. The van der Waals surface area contributed by atoms with Gasteiger partial charge in [-0.15, -0.1) is 23.4 Å². The Morgan fingerprint density at radius 1 is 1.16 bits per heavy atom. The van der Waals surface area contributed by atoms with Gasteiger partial charge in [0.2, 0.25) is 0 Å². The van der Waals surface area contributed by atoms with Crippen LogP contribution in [0.4, 0.5) is 5.69 Å².